The maximum Gasteiger partial charge on any atom is 0.250 e. The predicted octanol–water partition coefficient (Wildman–Crippen LogP) is 20.9. The summed E-state index contributed by atoms with van der Waals surface area (Å²) < 4.78 is 5.55. The molecule has 19 rings (SSSR count). The van der Waals surface area contributed by atoms with E-state index in [0.717, 1.165) is 194 Å². The number of para-hydroxylation sites is 2. The number of amides is 8. The minimum absolute atomic E-state index is 0.00285. The number of thiazole rings is 4. The summed E-state index contributed by atoms with van der Waals surface area (Å²) >= 11 is 6.38. The number of hydrogen-bond donors (Lipinski definition) is 7. The van der Waals surface area contributed by atoms with E-state index < -0.39 is 30.3 Å². The predicted molar refractivity (Wildman–Crippen MR) is 583 cm³/mol. The van der Waals surface area contributed by atoms with Gasteiger partial charge in [-0.1, -0.05) is 188 Å². The van der Waals surface area contributed by atoms with Crippen LogP contribution in [0.5, 0.6) is 0 Å². The summed E-state index contributed by atoms with van der Waals surface area (Å²) in [5, 5.41) is 54.4. The summed E-state index contributed by atoms with van der Waals surface area (Å²) in [6.45, 7) is 25.1. The molecule has 768 valence electrons. The minimum atomic E-state index is -0.979. The number of aromatic nitrogens is 6. The van der Waals surface area contributed by atoms with E-state index in [1.165, 1.54) is 32.7 Å². The average Bonchev–Trinajstić information content (AvgIpc) is 1.68. The molecular weight excluding hydrogens is 1910 g/mol. The highest BCUT2D eigenvalue weighted by atomic mass is 32.1. The first-order valence-corrected chi connectivity index (χ1v) is 55.9. The van der Waals surface area contributed by atoms with Crippen LogP contribution in [-0.4, -0.2) is 190 Å². The quantitative estimate of drug-likeness (QED) is 0.0229. The first-order chi connectivity index (χ1) is 70.7. The number of aryl methyl sites for hydroxylation is 3. The lowest BCUT2D eigenvalue weighted by Gasteiger charge is -2.36. The van der Waals surface area contributed by atoms with Crippen molar-refractivity contribution >= 4 is 136 Å². The molecule has 1 saturated carbocycles. The van der Waals surface area contributed by atoms with Crippen LogP contribution in [0.15, 0.2) is 192 Å². The van der Waals surface area contributed by atoms with Gasteiger partial charge in [-0.25, -0.2) is 19.9 Å². The normalized spacial score (nSPS) is 19.8. The molecule has 26 nitrogen and oxygen atoms in total. The van der Waals surface area contributed by atoms with Crippen molar-refractivity contribution in [3.63, 3.8) is 0 Å². The molecule has 0 spiro atoms. The summed E-state index contributed by atoms with van der Waals surface area (Å²) in [6.07, 6.45) is 14.9. The first kappa shape index (κ1) is 107. The lowest BCUT2D eigenvalue weighted by atomic mass is 9.81. The van der Waals surface area contributed by atoms with Gasteiger partial charge < -0.3 is 61.1 Å². The highest BCUT2D eigenvalue weighted by Crippen LogP contribution is 2.46. The largest absolute Gasteiger partial charge is 0.393 e. The summed E-state index contributed by atoms with van der Waals surface area (Å²) in [6, 6.07) is 51.6. The van der Waals surface area contributed by atoms with E-state index >= 15 is 0 Å². The van der Waals surface area contributed by atoms with E-state index in [1.54, 1.807) is 64.2 Å². The molecule has 6 aliphatic rings. The van der Waals surface area contributed by atoms with Gasteiger partial charge in [0.1, 0.15) is 44.2 Å². The Morgan fingerprint density at radius 1 is 0.404 bits per heavy atom. The summed E-state index contributed by atoms with van der Waals surface area (Å²) in [5.74, 6) is -1.24. The average molecular weight is 2050 g/mol. The van der Waals surface area contributed by atoms with Gasteiger partial charge in [0.2, 0.25) is 47.3 Å². The highest BCUT2D eigenvalue weighted by molar-refractivity contribution is 7.11. The Morgan fingerprint density at radius 2 is 0.788 bits per heavy atom. The number of likely N-dealkylation sites (tertiary alicyclic amines) is 4. The number of likely N-dealkylation sites (N-methyl/N-ethyl adjacent to an activating group) is 1. The van der Waals surface area contributed by atoms with Crippen LogP contribution in [0.2, 0.25) is 0 Å². The Kier molecular flexibility index (Phi) is 36.3. The standard InChI is InChI=1S/C31H39N3O3S.C29H37N5O3S.C29H30N4O2S.C27H33N3O3S/c1-4-19(2)29(36)33-28(21-12-14-22(35)15-13-21)31(37)34-17-7-10-27(34)30-32-26(18-38-30)25-16-11-20(3)23-8-5-6-9-24(23)25;1-4-20-16-22(21-8-5-6-9-23(21)31-20)24-17-38-28(32-24)25-10-7-13-34(25)29(36)26(19-11-14-37-15-12-19)33-27(35)18(2)30-3;1-3-19(2)27(34)32-26(20-10-5-4-6-11-20)29(35)33-17-9-14-25(33)28-31-24(18-36-28)22-15-16-30-23-13-8-7-12-21(22)23;1-5-16(2)25(32)29-24(18(4)31)27(33)30-14-8-11-23(30)26-28-22(15-34-26)21-13-12-17(3)19-9-6-7-10-20(19)21/h5-6,8-9,11,16,18-19,21-22,27-28,35H,4,7,10,12-15,17H2,1-3H3,(H,33,36);5-6,8-9,16-19,25-26,30H,4,7,10-15H2,1-3H3,(H,33,35);4-8,10-13,15-16,18-19,25-26H,3,9,14,17H2,1-2H3,(H,32,34);6-7,9-10,12-13,15-16,18,23-24,31H,5,8,11,14H2,1-4H3,(H,29,32)/t19-,21?,22?,27+,28+;18-,25-,26-;19-,25+,26+;16-,18-,23+,24+/m1011/s1. The number of pyridine rings is 2. The van der Waals surface area contributed by atoms with Crippen molar-refractivity contribution in [2.45, 2.75) is 258 Å². The molecule has 6 aromatic heterocycles. The molecule has 13 aromatic rings. The van der Waals surface area contributed by atoms with Gasteiger partial charge >= 0.3 is 0 Å². The van der Waals surface area contributed by atoms with Gasteiger partial charge in [-0.15, -0.1) is 45.3 Å². The molecule has 7 N–H and O–H groups in total. The van der Waals surface area contributed by atoms with Gasteiger partial charge in [-0.3, -0.25) is 48.3 Å². The van der Waals surface area contributed by atoms with Crippen molar-refractivity contribution in [1.82, 2.24) is 76.1 Å². The zero-order chi connectivity index (χ0) is 103. The number of benzene rings is 7. The number of nitrogens with zero attached hydrogens (tertiary/aromatic N) is 10. The maximum absolute atomic E-state index is 14.1. The fourth-order valence-corrected chi connectivity index (χ4v) is 24.7. The first-order valence-electron chi connectivity index (χ1n) is 52.4. The van der Waals surface area contributed by atoms with Crippen LogP contribution in [0.3, 0.4) is 0 Å². The highest BCUT2D eigenvalue weighted by Gasteiger charge is 2.45. The smallest absolute Gasteiger partial charge is 0.250 e. The van der Waals surface area contributed by atoms with Crippen molar-refractivity contribution in [3.8, 4) is 45.0 Å². The molecule has 7 aromatic carbocycles. The summed E-state index contributed by atoms with van der Waals surface area (Å²) in [7, 11) is 1.75. The Labute approximate surface area is 872 Å². The number of aliphatic hydroxyl groups is 2. The van der Waals surface area contributed by atoms with Crippen LogP contribution in [0.4, 0.5) is 0 Å². The summed E-state index contributed by atoms with van der Waals surface area (Å²) in [5.41, 5.74) is 14.2. The Bertz CT molecular complexity index is 6720. The van der Waals surface area contributed by atoms with E-state index in [-0.39, 0.29) is 113 Å². The fourth-order valence-electron chi connectivity index (χ4n) is 20.8. The van der Waals surface area contributed by atoms with Crippen molar-refractivity contribution in [2.24, 2.45) is 29.6 Å². The topological polar surface area (TPSA) is 337 Å². The second-order valence-electron chi connectivity index (χ2n) is 39.9. The third-order valence-electron chi connectivity index (χ3n) is 30.3. The van der Waals surface area contributed by atoms with Crippen molar-refractivity contribution in [1.29, 1.82) is 0 Å². The number of carbonyl (C=O) groups is 8. The van der Waals surface area contributed by atoms with Crippen LogP contribution in [-0.2, 0) is 49.5 Å². The third kappa shape index (κ3) is 24.5. The second kappa shape index (κ2) is 49.7. The van der Waals surface area contributed by atoms with Crippen molar-refractivity contribution < 1.29 is 53.3 Å². The Morgan fingerprint density at radius 3 is 1.24 bits per heavy atom. The number of aliphatic hydroxyl groups excluding tert-OH is 2. The molecule has 6 fully saturated rings. The van der Waals surface area contributed by atoms with Crippen LogP contribution in [0, 0.1) is 43.4 Å². The number of ether oxygens (including phenoxy) is 1. The number of nitrogens with one attached hydrogen (secondary N) is 5. The number of carbonyl (C=O) groups excluding carboxylic acids is 8. The molecule has 13 atom stereocenters. The van der Waals surface area contributed by atoms with E-state index in [9.17, 15) is 48.6 Å². The number of rotatable bonds is 29. The molecule has 11 heterocycles. The monoisotopic (exact) mass is 2050 g/mol. The van der Waals surface area contributed by atoms with Crippen LogP contribution in [0.25, 0.3) is 88.4 Å². The van der Waals surface area contributed by atoms with Gasteiger partial charge in [0.25, 0.3) is 0 Å². The molecule has 5 aliphatic heterocycles. The molecule has 0 radical (unpaired) electrons. The molecule has 30 heteroatoms. The van der Waals surface area contributed by atoms with E-state index in [1.807, 2.05) is 154 Å². The minimum Gasteiger partial charge on any atom is -0.393 e. The molecule has 0 bridgehead atoms. The zero-order valence-electron chi connectivity index (χ0n) is 85.9. The van der Waals surface area contributed by atoms with Crippen LogP contribution < -0.4 is 26.6 Å². The third-order valence-corrected chi connectivity index (χ3v) is 34.1. The van der Waals surface area contributed by atoms with E-state index in [2.05, 4.69) is 153 Å². The van der Waals surface area contributed by atoms with Gasteiger partial charge in [-0.05, 0) is 225 Å². The van der Waals surface area contributed by atoms with E-state index in [0.29, 0.717) is 58.7 Å². The Balaban J connectivity index is 0.000000139. The Hall–Kier alpha value is -12.0. The molecule has 8 amide bonds. The van der Waals surface area contributed by atoms with Crippen LogP contribution in [0.1, 0.15) is 244 Å². The SMILES string of the molecule is CC[C@@H](C)C(=O)N[C@H](C(=O)N1CCC[C@H]1c1nc(-c2ccc(C)c3ccccc23)cs1)C1CCC(O)CC1.CC[C@@H](C)C(=O)N[C@H](C(=O)N1CCC[C@H]1c1nc(-c2ccc(C)c3ccccc23)cs1)[C@@H](C)O.CC[C@@H](C)C(=O)N[C@H](C(=O)N1CCC[C@H]1c1nc(-c2ccnc3ccccc23)cs1)c1ccccc1.CCc1cc(-c2csc([C@@H]3CCCN3C(=O)[C@@H](NC(=O)[C@H](C)NC)C3CCOCC3)n2)c2ccccc2n1. The molecular formula is C116H139N15O11S4. The van der Waals surface area contributed by atoms with Crippen LogP contribution >= 0.6 is 45.3 Å². The number of fused-ring (bicyclic) bond motifs is 4. The molecule has 5 saturated heterocycles. The molecule has 146 heavy (non-hydrogen) atoms. The van der Waals surface area contributed by atoms with Crippen molar-refractivity contribution in [2.75, 3.05) is 46.4 Å². The second-order valence-corrected chi connectivity index (χ2v) is 43.5. The lowest BCUT2D eigenvalue weighted by molar-refractivity contribution is -0.141. The zero-order valence-corrected chi connectivity index (χ0v) is 89.1. The number of hydrogen-bond acceptors (Lipinski definition) is 22. The molecule has 0 unspecified atom stereocenters. The van der Waals surface area contributed by atoms with E-state index in [4.69, 9.17) is 29.7 Å². The van der Waals surface area contributed by atoms with Gasteiger partial charge in [0.15, 0.2) is 0 Å². The summed E-state index contributed by atoms with van der Waals surface area (Å²) in [4.78, 5) is 143. The fraction of sp³-hybridized carbons (Fsp3) is 0.448. The van der Waals surface area contributed by atoms with Gasteiger partial charge in [0, 0.05) is 124 Å². The lowest BCUT2D eigenvalue weighted by Crippen LogP contribution is -2.56. The van der Waals surface area contributed by atoms with Crippen molar-refractivity contribution in [3.05, 3.63) is 234 Å². The van der Waals surface area contributed by atoms with Gasteiger partial charge in [0.05, 0.1) is 76.2 Å². The van der Waals surface area contributed by atoms with Gasteiger partial charge in [-0.2, -0.15) is 0 Å². The molecule has 1 aliphatic carbocycles. The maximum atomic E-state index is 14.1.